The van der Waals surface area contributed by atoms with E-state index in [1.807, 2.05) is 66.7 Å². The summed E-state index contributed by atoms with van der Waals surface area (Å²) in [5.74, 6) is 1.84. The molecule has 258 valence electrons. The number of anilines is 3. The van der Waals surface area contributed by atoms with Gasteiger partial charge >= 0.3 is 0 Å². The zero-order chi connectivity index (χ0) is 36.6. The van der Waals surface area contributed by atoms with Crippen molar-refractivity contribution in [3.8, 4) is 45.4 Å². The van der Waals surface area contributed by atoms with E-state index in [1.165, 1.54) is 0 Å². The molecule has 0 spiro atoms. The van der Waals surface area contributed by atoms with Gasteiger partial charge in [0.25, 0.3) is 0 Å². The fourth-order valence-corrected chi connectivity index (χ4v) is 7.53. The second-order valence-electron chi connectivity index (χ2n) is 13.5. The fraction of sp³-hybridized carbons (Fsp3) is 0. The van der Waals surface area contributed by atoms with Crippen molar-refractivity contribution in [2.24, 2.45) is 0 Å². The average molecular weight is 704 g/mol. The predicted octanol–water partition coefficient (Wildman–Crippen LogP) is 12.9. The second-order valence-corrected chi connectivity index (χ2v) is 13.5. The highest BCUT2D eigenvalue weighted by atomic mass is 15.1. The van der Waals surface area contributed by atoms with Gasteiger partial charge in [0.2, 0.25) is 0 Å². The van der Waals surface area contributed by atoms with Crippen molar-refractivity contribution in [1.29, 1.82) is 0 Å². The lowest BCUT2D eigenvalue weighted by molar-refractivity contribution is 1.07. The van der Waals surface area contributed by atoms with Gasteiger partial charge in [0.15, 0.2) is 17.5 Å². The molecule has 5 heteroatoms. The van der Waals surface area contributed by atoms with E-state index < -0.39 is 0 Å². The van der Waals surface area contributed by atoms with Crippen LogP contribution in [0.5, 0.6) is 0 Å². The molecule has 0 atom stereocenters. The molecule has 0 bridgehead atoms. The number of rotatable bonds is 7. The number of pyridine rings is 1. The third-order valence-corrected chi connectivity index (χ3v) is 10.1. The first kappa shape index (κ1) is 32.2. The molecule has 0 aliphatic carbocycles. The van der Waals surface area contributed by atoms with Crippen LogP contribution in [0.2, 0.25) is 0 Å². The van der Waals surface area contributed by atoms with Gasteiger partial charge in [-0.25, -0.2) is 19.9 Å². The minimum atomic E-state index is 0.596. The van der Waals surface area contributed by atoms with Crippen LogP contribution >= 0.6 is 0 Å². The van der Waals surface area contributed by atoms with Crippen molar-refractivity contribution in [3.63, 3.8) is 0 Å². The highest BCUT2D eigenvalue weighted by Gasteiger charge is 2.20. The maximum absolute atomic E-state index is 5.37. The molecule has 5 nitrogen and oxygen atoms in total. The molecule has 0 aliphatic heterocycles. The number of nitrogens with zero attached hydrogens (tertiary/aromatic N) is 5. The van der Waals surface area contributed by atoms with Gasteiger partial charge in [0.05, 0.1) is 11.2 Å². The lowest BCUT2D eigenvalue weighted by Gasteiger charge is -2.26. The van der Waals surface area contributed by atoms with Gasteiger partial charge in [-0.15, -0.1) is 0 Å². The van der Waals surface area contributed by atoms with Crippen molar-refractivity contribution in [3.05, 3.63) is 200 Å². The van der Waals surface area contributed by atoms with E-state index >= 15 is 0 Å². The summed E-state index contributed by atoms with van der Waals surface area (Å²) in [7, 11) is 0. The van der Waals surface area contributed by atoms with E-state index in [0.717, 1.165) is 77.5 Å². The molecule has 0 amide bonds. The first-order valence-corrected chi connectivity index (χ1v) is 18.4. The summed E-state index contributed by atoms with van der Waals surface area (Å²) >= 11 is 0. The Morgan fingerprint density at radius 2 is 0.836 bits per heavy atom. The third kappa shape index (κ3) is 5.94. The molecule has 0 unspecified atom stereocenters. The Bertz CT molecular complexity index is 2870. The molecule has 0 saturated heterocycles. The lowest BCUT2D eigenvalue weighted by atomic mass is 9.93. The summed E-state index contributed by atoms with van der Waals surface area (Å²) in [5.41, 5.74) is 8.81. The number of fused-ring (bicyclic) bond motifs is 5. The van der Waals surface area contributed by atoms with Crippen molar-refractivity contribution in [2.45, 2.75) is 0 Å². The maximum atomic E-state index is 5.37. The molecule has 2 aromatic heterocycles. The van der Waals surface area contributed by atoms with Crippen molar-refractivity contribution in [2.75, 3.05) is 4.90 Å². The number of hydrogen-bond donors (Lipinski definition) is 0. The van der Waals surface area contributed by atoms with Crippen LogP contribution in [0, 0.1) is 0 Å². The van der Waals surface area contributed by atoms with Gasteiger partial charge in [0.1, 0.15) is 0 Å². The Labute approximate surface area is 318 Å². The molecule has 0 radical (unpaired) electrons. The topological polar surface area (TPSA) is 54.8 Å². The molecule has 10 aromatic rings. The highest BCUT2D eigenvalue weighted by Crippen LogP contribution is 2.42. The van der Waals surface area contributed by atoms with E-state index in [-0.39, 0.29) is 0 Å². The van der Waals surface area contributed by atoms with E-state index in [1.54, 1.807) is 0 Å². The van der Waals surface area contributed by atoms with Gasteiger partial charge in [-0.05, 0) is 53.2 Å². The Kier molecular flexibility index (Phi) is 8.08. The maximum Gasteiger partial charge on any atom is 0.164 e. The minimum absolute atomic E-state index is 0.596. The van der Waals surface area contributed by atoms with E-state index in [4.69, 9.17) is 19.9 Å². The zero-order valence-corrected chi connectivity index (χ0v) is 29.8. The monoisotopic (exact) mass is 703 g/mol. The Morgan fingerprint density at radius 1 is 0.327 bits per heavy atom. The smallest absolute Gasteiger partial charge is 0.164 e. The van der Waals surface area contributed by atoms with Gasteiger partial charge < -0.3 is 4.90 Å². The van der Waals surface area contributed by atoms with Crippen LogP contribution in [-0.4, -0.2) is 19.9 Å². The summed E-state index contributed by atoms with van der Waals surface area (Å²) < 4.78 is 0. The van der Waals surface area contributed by atoms with Crippen LogP contribution in [0.3, 0.4) is 0 Å². The summed E-state index contributed by atoms with van der Waals surface area (Å²) in [5, 5.41) is 5.65. The molecular weight excluding hydrogens is 671 g/mol. The van der Waals surface area contributed by atoms with Crippen LogP contribution in [0.25, 0.3) is 77.9 Å². The standard InChI is InChI=1S/C50H33N5/c1-5-17-34(18-6-1)48-52-49(35-19-7-2-8-20-35)54-50(53-48)42-26-14-13-25-41(42)47-44-31-29-36-33-39(30-32-40(36)46(44)43-27-15-16-28-45(43)51-47)55(37-21-9-3-10-22-37)38-23-11-4-12-24-38/h1-33H. The third-order valence-electron chi connectivity index (χ3n) is 10.1. The van der Waals surface area contributed by atoms with Gasteiger partial charge in [-0.1, -0.05) is 158 Å². The molecule has 0 fully saturated rings. The van der Waals surface area contributed by atoms with Crippen LogP contribution in [0.15, 0.2) is 200 Å². The number of benzene rings is 8. The summed E-state index contributed by atoms with van der Waals surface area (Å²) in [4.78, 5) is 22.8. The van der Waals surface area contributed by atoms with E-state index in [0.29, 0.717) is 17.5 Å². The number of hydrogen-bond acceptors (Lipinski definition) is 5. The van der Waals surface area contributed by atoms with Gasteiger partial charge in [-0.2, -0.15) is 0 Å². The first-order chi connectivity index (χ1) is 27.3. The molecule has 10 rings (SSSR count). The van der Waals surface area contributed by atoms with Crippen molar-refractivity contribution < 1.29 is 0 Å². The molecule has 0 aliphatic rings. The van der Waals surface area contributed by atoms with Crippen LogP contribution in [0.4, 0.5) is 17.1 Å². The first-order valence-electron chi connectivity index (χ1n) is 18.4. The predicted molar refractivity (Wildman–Crippen MR) is 227 cm³/mol. The summed E-state index contributed by atoms with van der Waals surface area (Å²) in [6.45, 7) is 0. The molecule has 2 heterocycles. The minimum Gasteiger partial charge on any atom is -0.310 e. The van der Waals surface area contributed by atoms with Crippen LogP contribution < -0.4 is 4.90 Å². The van der Waals surface area contributed by atoms with E-state index in [9.17, 15) is 0 Å². The molecule has 0 saturated carbocycles. The second kappa shape index (κ2) is 13.8. The highest BCUT2D eigenvalue weighted by molar-refractivity contribution is 6.23. The normalized spacial score (nSPS) is 11.3. The lowest BCUT2D eigenvalue weighted by Crippen LogP contribution is -2.09. The Hall–Kier alpha value is -7.50. The van der Waals surface area contributed by atoms with Crippen LogP contribution in [0.1, 0.15) is 0 Å². The van der Waals surface area contributed by atoms with Gasteiger partial charge in [-0.3, -0.25) is 0 Å². The summed E-state index contributed by atoms with van der Waals surface area (Å²) in [6.07, 6.45) is 0. The number of para-hydroxylation sites is 3. The van der Waals surface area contributed by atoms with E-state index in [2.05, 4.69) is 138 Å². The van der Waals surface area contributed by atoms with Crippen molar-refractivity contribution in [1.82, 2.24) is 19.9 Å². The molecule has 55 heavy (non-hydrogen) atoms. The average Bonchev–Trinajstić information content (AvgIpc) is 3.27. The Morgan fingerprint density at radius 3 is 1.47 bits per heavy atom. The zero-order valence-electron chi connectivity index (χ0n) is 29.8. The van der Waals surface area contributed by atoms with Crippen molar-refractivity contribution >= 4 is 49.5 Å². The molecular formula is C50H33N5. The SMILES string of the molecule is c1ccc(-c2nc(-c3ccccc3)nc(-c3ccccc3-c3nc4ccccc4c4c3ccc3cc(N(c5ccccc5)c5ccccc5)ccc34)n2)cc1. The molecule has 0 N–H and O–H groups in total. The quantitative estimate of drug-likeness (QED) is 0.155. The molecule has 8 aromatic carbocycles. The Balaban J connectivity index is 1.19. The number of aromatic nitrogens is 4. The van der Waals surface area contributed by atoms with Gasteiger partial charge in [0, 0.05) is 55.5 Å². The largest absolute Gasteiger partial charge is 0.310 e. The van der Waals surface area contributed by atoms with Crippen LogP contribution in [-0.2, 0) is 0 Å². The summed E-state index contributed by atoms with van der Waals surface area (Å²) in [6, 6.07) is 69.2. The fourth-order valence-electron chi connectivity index (χ4n) is 7.53.